The summed E-state index contributed by atoms with van der Waals surface area (Å²) in [5.41, 5.74) is -0.526. The first-order chi connectivity index (χ1) is 23.5. The number of hydrogen-bond donors (Lipinski definition) is 3. The lowest BCUT2D eigenvalue weighted by Crippen LogP contribution is -2.44. The van der Waals surface area contributed by atoms with Crippen molar-refractivity contribution >= 4 is 40.1 Å². The number of rotatable bonds is 9. The molecule has 2 aliphatic rings. The predicted molar refractivity (Wildman–Crippen MR) is 179 cm³/mol. The topological polar surface area (TPSA) is 142 Å². The van der Waals surface area contributed by atoms with Crippen molar-refractivity contribution in [1.82, 2.24) is 29.7 Å². The highest BCUT2D eigenvalue weighted by Crippen LogP contribution is 2.39. The summed E-state index contributed by atoms with van der Waals surface area (Å²) in [6, 6.07) is 5.81. The summed E-state index contributed by atoms with van der Waals surface area (Å²) in [7, 11) is 0. The fraction of sp³-hybridized carbons (Fsp3) is 0.424. The number of urea groups is 1. The number of carbonyl (C=O) groups is 2. The number of amides is 2. The molecule has 12 nitrogen and oxygen atoms in total. The Morgan fingerprint density at radius 2 is 1.88 bits per heavy atom. The van der Waals surface area contributed by atoms with Crippen molar-refractivity contribution in [2.45, 2.75) is 32.0 Å². The van der Waals surface area contributed by atoms with Crippen molar-refractivity contribution in [2.75, 3.05) is 64.3 Å². The Kier molecular flexibility index (Phi) is 10.3. The number of benzene rings is 1. The van der Waals surface area contributed by atoms with Crippen LogP contribution in [0.1, 0.15) is 41.9 Å². The Balaban J connectivity index is 1.39. The van der Waals surface area contributed by atoms with Crippen LogP contribution >= 0.6 is 11.3 Å². The van der Waals surface area contributed by atoms with Gasteiger partial charge in [-0.1, -0.05) is 6.07 Å². The van der Waals surface area contributed by atoms with E-state index in [0.29, 0.717) is 29.7 Å². The third kappa shape index (κ3) is 7.77. The zero-order chi connectivity index (χ0) is 34.7. The van der Waals surface area contributed by atoms with Gasteiger partial charge in [-0.15, -0.1) is 11.3 Å². The average Bonchev–Trinajstić information content (AvgIpc) is 3.60. The number of likely N-dealkylation sites (tertiary alicyclic amines) is 1. The molecular weight excluding hydrogens is 663 g/mol. The maximum atomic E-state index is 13.6. The van der Waals surface area contributed by atoms with Crippen molar-refractivity contribution in [3.8, 4) is 21.7 Å². The number of anilines is 1. The number of carbonyl (C=O) groups excluding carboxylic acids is 1. The molecule has 49 heavy (non-hydrogen) atoms. The SMILES string of the molecule is CCNC(=O)Nc1cc(-c2nc(C(F)(F)F)cs2)c(-c2ccc3c(c2)c(=O)c(C(=O)O)cn3[C@H]2CCCN(CCN3CCOCC3)C2)cn1. The van der Waals surface area contributed by atoms with Crippen LogP contribution in [0.4, 0.5) is 23.8 Å². The quantitative estimate of drug-likeness (QED) is 0.220. The molecule has 0 radical (unpaired) electrons. The Bertz CT molecular complexity index is 1910. The summed E-state index contributed by atoms with van der Waals surface area (Å²) < 4.78 is 47.9. The van der Waals surface area contributed by atoms with Gasteiger partial charge in [-0.05, 0) is 50.1 Å². The van der Waals surface area contributed by atoms with Crippen LogP contribution < -0.4 is 16.1 Å². The molecule has 0 spiro atoms. The van der Waals surface area contributed by atoms with E-state index < -0.39 is 29.3 Å². The number of hydrogen-bond acceptors (Lipinski definition) is 9. The fourth-order valence-corrected chi connectivity index (χ4v) is 7.18. The summed E-state index contributed by atoms with van der Waals surface area (Å²) in [6.07, 6.45) is -0.151. The highest BCUT2D eigenvalue weighted by molar-refractivity contribution is 7.13. The second kappa shape index (κ2) is 14.6. The molecule has 2 aliphatic heterocycles. The van der Waals surface area contributed by atoms with E-state index in [2.05, 4.69) is 30.4 Å². The molecule has 2 fully saturated rings. The Labute approximate surface area is 283 Å². The first kappa shape index (κ1) is 34.5. The van der Waals surface area contributed by atoms with Crippen LogP contribution in [-0.4, -0.2) is 100 Å². The number of aromatic carboxylic acids is 1. The van der Waals surface area contributed by atoms with Gasteiger partial charge in [-0.2, -0.15) is 13.2 Å². The van der Waals surface area contributed by atoms with Gasteiger partial charge in [-0.25, -0.2) is 19.6 Å². The third-order valence-corrected chi connectivity index (χ3v) is 9.67. The first-order valence-electron chi connectivity index (χ1n) is 16.0. The van der Waals surface area contributed by atoms with Crippen molar-refractivity contribution < 1.29 is 32.6 Å². The third-order valence-electron chi connectivity index (χ3n) is 8.79. The molecule has 5 heterocycles. The van der Waals surface area contributed by atoms with Crippen LogP contribution in [0.2, 0.25) is 0 Å². The van der Waals surface area contributed by atoms with E-state index >= 15 is 0 Å². The second-order valence-electron chi connectivity index (χ2n) is 12.0. The molecule has 0 unspecified atom stereocenters. The normalized spacial score (nSPS) is 17.7. The van der Waals surface area contributed by atoms with Crippen LogP contribution in [0, 0.1) is 0 Å². The molecule has 2 amide bonds. The van der Waals surface area contributed by atoms with Gasteiger partial charge >= 0.3 is 18.2 Å². The van der Waals surface area contributed by atoms with Gasteiger partial charge in [0.25, 0.3) is 0 Å². The van der Waals surface area contributed by atoms with E-state index in [1.165, 1.54) is 18.5 Å². The molecule has 16 heteroatoms. The smallest absolute Gasteiger partial charge is 0.434 e. The van der Waals surface area contributed by atoms with Crippen molar-refractivity contribution in [2.24, 2.45) is 0 Å². The van der Waals surface area contributed by atoms with Crippen LogP contribution in [0.5, 0.6) is 0 Å². The number of carboxylic acid groups (broad SMARTS) is 1. The number of nitrogens with one attached hydrogen (secondary N) is 2. The van der Waals surface area contributed by atoms with E-state index in [9.17, 15) is 32.7 Å². The molecule has 3 aromatic heterocycles. The lowest BCUT2D eigenvalue weighted by molar-refractivity contribution is -0.140. The number of alkyl halides is 3. The van der Waals surface area contributed by atoms with E-state index in [0.717, 1.165) is 75.5 Å². The average molecular weight is 700 g/mol. The molecule has 3 N–H and O–H groups in total. The molecular formula is C33H36F3N7O5S. The number of ether oxygens (including phenoxy) is 1. The number of piperidine rings is 1. The molecule has 1 aromatic carbocycles. The minimum Gasteiger partial charge on any atom is -0.477 e. The molecule has 4 aromatic rings. The molecule has 0 saturated carbocycles. The Hall–Kier alpha value is -4.38. The lowest BCUT2D eigenvalue weighted by Gasteiger charge is -2.36. The number of carboxylic acids is 1. The molecule has 0 aliphatic carbocycles. The highest BCUT2D eigenvalue weighted by Gasteiger charge is 2.34. The van der Waals surface area contributed by atoms with Crippen molar-refractivity contribution in [3.05, 3.63) is 63.5 Å². The van der Waals surface area contributed by atoms with Gasteiger partial charge in [0, 0.05) is 79.6 Å². The van der Waals surface area contributed by atoms with E-state index in [1.54, 1.807) is 25.1 Å². The van der Waals surface area contributed by atoms with Crippen molar-refractivity contribution in [1.29, 1.82) is 0 Å². The highest BCUT2D eigenvalue weighted by atomic mass is 32.1. The summed E-state index contributed by atoms with van der Waals surface area (Å²) >= 11 is 0.779. The minimum absolute atomic E-state index is 0.0276. The van der Waals surface area contributed by atoms with Crippen molar-refractivity contribution in [3.63, 3.8) is 0 Å². The van der Waals surface area contributed by atoms with Gasteiger partial charge in [-0.3, -0.25) is 15.0 Å². The fourth-order valence-electron chi connectivity index (χ4n) is 6.33. The van der Waals surface area contributed by atoms with Crippen LogP contribution in [-0.2, 0) is 10.9 Å². The predicted octanol–water partition coefficient (Wildman–Crippen LogP) is 5.01. The number of pyridine rings is 2. The summed E-state index contributed by atoms with van der Waals surface area (Å²) in [4.78, 5) is 51.0. The molecule has 0 bridgehead atoms. The van der Waals surface area contributed by atoms with E-state index in [-0.39, 0.29) is 33.4 Å². The summed E-state index contributed by atoms with van der Waals surface area (Å²) in [6.45, 7) is 8.67. The van der Waals surface area contributed by atoms with Gasteiger partial charge in [0.05, 0.1) is 18.7 Å². The minimum atomic E-state index is -4.66. The van der Waals surface area contributed by atoms with Gasteiger partial charge in [0.1, 0.15) is 16.4 Å². The zero-order valence-corrected chi connectivity index (χ0v) is 27.6. The van der Waals surface area contributed by atoms with Gasteiger partial charge < -0.3 is 24.6 Å². The monoisotopic (exact) mass is 699 g/mol. The van der Waals surface area contributed by atoms with Gasteiger partial charge in [0.15, 0.2) is 5.69 Å². The summed E-state index contributed by atoms with van der Waals surface area (Å²) in [5, 5.41) is 16.3. The largest absolute Gasteiger partial charge is 0.477 e. The van der Waals surface area contributed by atoms with Crippen LogP contribution in [0.3, 0.4) is 0 Å². The number of fused-ring (bicyclic) bond motifs is 1. The molecule has 2 saturated heterocycles. The number of thiazole rings is 1. The van der Waals surface area contributed by atoms with E-state index in [1.807, 2.05) is 4.57 Å². The molecule has 260 valence electrons. The molecule has 6 rings (SSSR count). The Morgan fingerprint density at radius 1 is 1.10 bits per heavy atom. The van der Waals surface area contributed by atoms with Crippen LogP contribution in [0.15, 0.2) is 46.8 Å². The molecule has 1 atom stereocenters. The second-order valence-corrected chi connectivity index (χ2v) is 12.9. The standard InChI is InChI=1S/C33H36F3N7O5S/c1-2-37-32(47)40-28-15-22(30-39-27(19-49-30)33(34,35)36)24(16-38-28)20-5-6-26-23(14-20)29(44)25(31(45)46)18-43(26)21-4-3-7-42(17-21)9-8-41-10-12-48-13-11-41/h5-6,14-16,18-19,21H,2-4,7-13,17H2,1H3,(H,45,46)(H2,37,38,40,47)/t21-/m0/s1. The maximum absolute atomic E-state index is 13.6. The van der Waals surface area contributed by atoms with E-state index in [4.69, 9.17) is 4.74 Å². The summed E-state index contributed by atoms with van der Waals surface area (Å²) in [5.74, 6) is -1.27. The Morgan fingerprint density at radius 3 is 2.59 bits per heavy atom. The number of nitrogens with zero attached hydrogens (tertiary/aromatic N) is 5. The van der Waals surface area contributed by atoms with Crippen LogP contribution in [0.25, 0.3) is 32.6 Å². The number of halogens is 3. The number of aromatic nitrogens is 3. The lowest BCUT2D eigenvalue weighted by atomic mass is 9.98. The maximum Gasteiger partial charge on any atom is 0.434 e. The van der Waals surface area contributed by atoms with Gasteiger partial charge in [0.2, 0.25) is 5.43 Å². The number of morpholine rings is 1. The first-order valence-corrected chi connectivity index (χ1v) is 16.9. The zero-order valence-electron chi connectivity index (χ0n) is 26.8.